The van der Waals surface area contributed by atoms with Gasteiger partial charge in [0.15, 0.2) is 11.7 Å². The van der Waals surface area contributed by atoms with Crippen molar-refractivity contribution in [3.05, 3.63) is 85.4 Å². The summed E-state index contributed by atoms with van der Waals surface area (Å²) in [7, 11) is 0. The molecule has 6 heterocycles. The number of halogens is 1. The van der Waals surface area contributed by atoms with Crippen LogP contribution >= 0.6 is 12.6 Å². The Labute approximate surface area is 411 Å². The molecular formula is C47H47FN6O17S. The summed E-state index contributed by atoms with van der Waals surface area (Å²) in [4.78, 5) is 108. The van der Waals surface area contributed by atoms with E-state index in [9.17, 15) is 63.9 Å². The number of nitrogens with zero attached hydrogens (tertiary/aromatic N) is 3. The molecule has 5 amide bonds. The molecule has 23 nitrogen and oxygen atoms in total. The highest BCUT2D eigenvalue weighted by atomic mass is 32.1. The zero-order chi connectivity index (χ0) is 51.7. The third-order valence-corrected chi connectivity index (χ3v) is 14.0. The monoisotopic (exact) mass is 1020 g/mol. The number of anilines is 1. The summed E-state index contributed by atoms with van der Waals surface area (Å²) in [5, 5.41) is 59.7. The van der Waals surface area contributed by atoms with Gasteiger partial charge in [-0.3, -0.25) is 28.9 Å². The van der Waals surface area contributed by atoms with Crippen LogP contribution in [0.1, 0.15) is 77.6 Å². The molecule has 8 atom stereocenters. The number of amides is 5. The van der Waals surface area contributed by atoms with Gasteiger partial charge in [-0.15, -0.1) is 0 Å². The molecule has 1 unspecified atom stereocenters. The summed E-state index contributed by atoms with van der Waals surface area (Å²) in [5.41, 5.74) is 0.599. The normalized spacial score (nSPS) is 25.0. The quantitative estimate of drug-likeness (QED) is 0.0433. The molecule has 25 heteroatoms. The van der Waals surface area contributed by atoms with Gasteiger partial charge >= 0.3 is 18.0 Å². The second-order valence-electron chi connectivity index (χ2n) is 18.0. The Bertz CT molecular complexity index is 3080. The largest absolute Gasteiger partial charge is 0.479 e. The molecule has 380 valence electrons. The summed E-state index contributed by atoms with van der Waals surface area (Å²) < 4.78 is 38.7. The Morgan fingerprint density at radius 1 is 1.01 bits per heavy atom. The number of carbonyl (C=O) groups is 7. The Kier molecular flexibility index (Phi) is 13.3. The van der Waals surface area contributed by atoms with Crippen molar-refractivity contribution < 1.29 is 82.4 Å². The maximum atomic E-state index is 15.5. The van der Waals surface area contributed by atoms with Crippen molar-refractivity contribution in [2.75, 3.05) is 18.4 Å². The third kappa shape index (κ3) is 8.78. The van der Waals surface area contributed by atoms with Crippen LogP contribution in [0.4, 0.5) is 14.9 Å². The van der Waals surface area contributed by atoms with Crippen LogP contribution in [0.3, 0.4) is 0 Å². The zero-order valence-corrected chi connectivity index (χ0v) is 39.2. The van der Waals surface area contributed by atoms with Crippen LogP contribution in [-0.4, -0.2) is 131 Å². The fourth-order valence-electron chi connectivity index (χ4n) is 9.75. The van der Waals surface area contributed by atoms with Gasteiger partial charge in [-0.2, -0.15) is 12.6 Å². The second-order valence-corrected chi connectivity index (χ2v) is 18.6. The van der Waals surface area contributed by atoms with Crippen LogP contribution in [0.2, 0.25) is 0 Å². The fraction of sp³-hybridized carbons (Fsp3) is 0.426. The summed E-state index contributed by atoms with van der Waals surface area (Å²) in [6.07, 6.45) is -10.9. The Morgan fingerprint density at radius 3 is 2.49 bits per heavy atom. The number of imide groups is 1. The Hall–Kier alpha value is -7.03. The molecule has 2 saturated heterocycles. The topological polar surface area (TPSA) is 332 Å². The van der Waals surface area contributed by atoms with E-state index < -0.39 is 114 Å². The first kappa shape index (κ1) is 49.9. The molecule has 0 spiro atoms. The Balaban J connectivity index is 0.952. The molecule has 4 aromatic rings. The van der Waals surface area contributed by atoms with Crippen molar-refractivity contribution >= 4 is 70.9 Å². The number of aliphatic hydroxyl groups is 4. The Morgan fingerprint density at radius 2 is 1.78 bits per heavy atom. The number of fused-ring (bicyclic) bond motifs is 5. The van der Waals surface area contributed by atoms with Crippen molar-refractivity contribution in [3.63, 3.8) is 0 Å². The van der Waals surface area contributed by atoms with Gasteiger partial charge in [0.2, 0.25) is 29.9 Å². The summed E-state index contributed by atoms with van der Waals surface area (Å²) in [6, 6.07) is 5.94. The average Bonchev–Trinajstić information content (AvgIpc) is 3.84. The number of hydrogen-bond acceptors (Lipinski definition) is 18. The van der Waals surface area contributed by atoms with E-state index in [0.717, 1.165) is 4.90 Å². The first-order valence-electron chi connectivity index (χ1n) is 22.8. The van der Waals surface area contributed by atoms with E-state index in [1.165, 1.54) is 34.9 Å². The maximum Gasteiger partial charge on any atom is 0.407 e. The highest BCUT2D eigenvalue weighted by Gasteiger charge is 2.49. The smallest absolute Gasteiger partial charge is 0.407 e. The number of carboxylic acids is 1. The molecule has 0 saturated carbocycles. The highest BCUT2D eigenvalue weighted by Crippen LogP contribution is 2.46. The lowest BCUT2D eigenvalue weighted by atomic mass is 9.81. The molecule has 2 fully saturated rings. The molecule has 1 aliphatic carbocycles. The summed E-state index contributed by atoms with van der Waals surface area (Å²) in [6.45, 7) is 1.50. The second kappa shape index (κ2) is 19.2. The number of pyridine rings is 2. The standard InChI is InChI=1S/C47H47FN6O17S/c1-3-47(67)23-11-28-36-21(15-54(28)41(61)22(23)17-68-45(47)65)35-25(6-5-20-18(2)24(48)12-27(51-36)34(20)35)52-46(66)69-16-19-4-7-29(70-44-39(60)37(58)38(59)40(71-44)43(63)64)26(10-19)50-32(56)14-49-31(55)8-9-53-33(57)13-30(72)42(53)62/h4,7,10-12,25,30,37-40,44,58-60,67,72H,3,5-6,8-9,13-17H2,1-2H3,(H,49,55)(H,50,56)(H,52,66)(H,63,64)/t25-,30?,37-,38-,39+,40-,44+,47-/m0/s1. The summed E-state index contributed by atoms with van der Waals surface area (Å²) in [5.74, 6) is -5.96. The predicted octanol–water partition coefficient (Wildman–Crippen LogP) is 0.214. The lowest BCUT2D eigenvalue weighted by molar-refractivity contribution is -0.271. The van der Waals surface area contributed by atoms with Crippen molar-refractivity contribution in [1.82, 2.24) is 25.1 Å². The molecule has 2 aromatic carbocycles. The molecule has 8 N–H and O–H groups in total. The SMILES string of the molecule is CC[C@@]1(O)C(=O)OCc2c1cc1n(c2=O)Cc2c-1nc1cc(F)c(C)c3c1c2[C@@H](NC(=O)OCc1ccc(O[C@@H]2O[C@H](C(=O)O)[C@@H](O)[C@H](O)[C@H]2O)c(NC(=O)CNC(=O)CCN2C(=O)CC(S)C2=O)c1)CC3. The number of rotatable bonds is 13. The van der Waals surface area contributed by atoms with Crippen molar-refractivity contribution in [2.24, 2.45) is 0 Å². The molecular weight excluding hydrogens is 972 g/mol. The van der Waals surface area contributed by atoms with Crippen LogP contribution in [-0.2, 0) is 74.8 Å². The number of aryl methyl sites for hydroxylation is 1. The highest BCUT2D eigenvalue weighted by molar-refractivity contribution is 7.81. The number of benzene rings is 2. The van der Waals surface area contributed by atoms with Gasteiger partial charge in [0.05, 0.1) is 52.5 Å². The molecule has 0 radical (unpaired) electrons. The van der Waals surface area contributed by atoms with Crippen LogP contribution in [0.25, 0.3) is 22.3 Å². The van der Waals surface area contributed by atoms with E-state index in [4.69, 9.17) is 23.9 Å². The van der Waals surface area contributed by atoms with E-state index in [0.29, 0.717) is 39.8 Å². The number of aromatic nitrogens is 2. The average molecular weight is 1020 g/mol. The molecule has 9 rings (SSSR count). The number of cyclic esters (lactones) is 1. The number of nitrogens with one attached hydrogen (secondary N) is 3. The van der Waals surface area contributed by atoms with Gasteiger partial charge in [-0.1, -0.05) is 13.0 Å². The number of esters is 1. The molecule has 4 aliphatic heterocycles. The van der Waals surface area contributed by atoms with Gasteiger partial charge < -0.3 is 65.0 Å². The van der Waals surface area contributed by atoms with E-state index in [-0.39, 0.29) is 84.7 Å². The fourth-order valence-corrected chi connectivity index (χ4v) is 10.0. The van der Waals surface area contributed by atoms with Crippen molar-refractivity contribution in [1.29, 1.82) is 0 Å². The number of alkyl carbamates (subject to hydrolysis) is 1. The van der Waals surface area contributed by atoms with Crippen LogP contribution < -0.4 is 26.2 Å². The number of likely N-dealkylation sites (tertiary alicyclic amines) is 1. The number of aliphatic carboxylic acids is 1. The van der Waals surface area contributed by atoms with Crippen molar-refractivity contribution in [3.8, 4) is 17.1 Å². The van der Waals surface area contributed by atoms with Crippen molar-refractivity contribution in [2.45, 2.75) is 113 Å². The predicted molar refractivity (Wildman–Crippen MR) is 245 cm³/mol. The lowest BCUT2D eigenvalue weighted by Crippen LogP contribution is -2.61. The first-order chi connectivity index (χ1) is 34.2. The molecule has 5 aliphatic rings. The van der Waals surface area contributed by atoms with Gasteiger partial charge in [-0.05, 0) is 66.6 Å². The van der Waals surface area contributed by atoms with Gasteiger partial charge in [0.25, 0.3) is 5.56 Å². The number of carboxylic acid groups (broad SMARTS) is 1. The number of carbonyl (C=O) groups excluding carboxylic acids is 6. The minimum atomic E-state index is -2.09. The lowest BCUT2D eigenvalue weighted by Gasteiger charge is -2.38. The molecule has 72 heavy (non-hydrogen) atoms. The maximum absolute atomic E-state index is 15.5. The minimum Gasteiger partial charge on any atom is -0.479 e. The van der Waals surface area contributed by atoms with E-state index >= 15 is 4.39 Å². The third-order valence-electron chi connectivity index (χ3n) is 13.6. The van der Waals surface area contributed by atoms with E-state index in [1.807, 2.05) is 0 Å². The van der Waals surface area contributed by atoms with Gasteiger partial charge in [0, 0.05) is 42.0 Å². The number of aliphatic hydroxyl groups excluding tert-OH is 3. The molecule has 2 aromatic heterocycles. The number of ether oxygens (including phenoxy) is 4. The van der Waals surface area contributed by atoms with Gasteiger partial charge in [-0.25, -0.2) is 23.8 Å². The number of hydrogen-bond donors (Lipinski definition) is 9. The van der Waals surface area contributed by atoms with Crippen LogP contribution in [0.15, 0.2) is 35.1 Å². The summed E-state index contributed by atoms with van der Waals surface area (Å²) >= 11 is 4.05. The zero-order valence-electron chi connectivity index (χ0n) is 38.3. The van der Waals surface area contributed by atoms with Crippen LogP contribution in [0, 0.1) is 12.7 Å². The van der Waals surface area contributed by atoms with Crippen LogP contribution in [0.5, 0.6) is 5.75 Å². The van der Waals surface area contributed by atoms with E-state index in [2.05, 4.69) is 28.6 Å². The first-order valence-corrected chi connectivity index (χ1v) is 23.3. The van der Waals surface area contributed by atoms with E-state index in [1.54, 1.807) is 13.8 Å². The minimum absolute atomic E-state index is 0.0138. The van der Waals surface area contributed by atoms with Gasteiger partial charge in [0.1, 0.15) is 43.1 Å². The number of thiol groups is 1. The molecule has 0 bridgehead atoms.